The van der Waals surface area contributed by atoms with Gasteiger partial charge < -0.3 is 9.64 Å². The number of amides is 1. The van der Waals surface area contributed by atoms with Gasteiger partial charge in [-0.15, -0.1) is 0 Å². The largest absolute Gasteiger partial charge is 0.484 e. The molecule has 1 fully saturated rings. The SMILES string of the molecule is O=C(c1ccccc1)c1ccc(OCC(=O)N(Cc2ccccc2)C2CCS(=O)(=O)C2)cc1. The van der Waals surface area contributed by atoms with E-state index in [0.717, 1.165) is 5.56 Å². The average Bonchev–Trinajstić information content (AvgIpc) is 3.21. The van der Waals surface area contributed by atoms with E-state index in [9.17, 15) is 18.0 Å². The van der Waals surface area contributed by atoms with Crippen molar-refractivity contribution < 1.29 is 22.7 Å². The molecule has 7 heteroatoms. The zero-order valence-electron chi connectivity index (χ0n) is 18.1. The lowest BCUT2D eigenvalue weighted by Gasteiger charge is -2.28. The van der Waals surface area contributed by atoms with E-state index >= 15 is 0 Å². The van der Waals surface area contributed by atoms with Crippen LogP contribution in [0, 0.1) is 0 Å². The molecule has 0 saturated carbocycles. The summed E-state index contributed by atoms with van der Waals surface area (Å²) in [5.74, 6) is 0.169. The van der Waals surface area contributed by atoms with E-state index in [1.165, 1.54) is 0 Å². The second kappa shape index (κ2) is 10.0. The molecule has 1 atom stereocenters. The lowest BCUT2D eigenvalue weighted by atomic mass is 10.0. The summed E-state index contributed by atoms with van der Waals surface area (Å²) in [5, 5.41) is 0. The Balaban J connectivity index is 1.42. The minimum Gasteiger partial charge on any atom is -0.484 e. The number of carbonyl (C=O) groups excluding carboxylic acids is 2. The first kappa shape index (κ1) is 22.7. The summed E-state index contributed by atoms with van der Waals surface area (Å²) in [4.78, 5) is 27.2. The fourth-order valence-corrected chi connectivity index (χ4v) is 5.64. The molecular formula is C26H25NO5S. The summed E-state index contributed by atoms with van der Waals surface area (Å²) in [7, 11) is -3.14. The Kier molecular flexibility index (Phi) is 6.89. The van der Waals surface area contributed by atoms with E-state index in [0.29, 0.717) is 29.8 Å². The first-order valence-corrected chi connectivity index (χ1v) is 12.6. The van der Waals surface area contributed by atoms with Crippen LogP contribution in [0.5, 0.6) is 5.75 Å². The van der Waals surface area contributed by atoms with Crippen LogP contribution in [0.2, 0.25) is 0 Å². The standard InChI is InChI=1S/C26H25NO5S/c28-25(27(17-20-7-3-1-4-8-20)23-15-16-33(30,31)19-23)18-32-24-13-11-22(12-14-24)26(29)21-9-5-2-6-10-21/h1-14,23H,15-19H2. The molecule has 0 radical (unpaired) electrons. The molecular weight excluding hydrogens is 438 g/mol. The Morgan fingerprint density at radius 3 is 2.06 bits per heavy atom. The van der Waals surface area contributed by atoms with Gasteiger partial charge in [-0.2, -0.15) is 0 Å². The van der Waals surface area contributed by atoms with Gasteiger partial charge in [-0.25, -0.2) is 8.42 Å². The number of nitrogens with zero attached hydrogens (tertiary/aromatic N) is 1. The number of benzene rings is 3. The predicted octanol–water partition coefficient (Wildman–Crippen LogP) is 3.51. The van der Waals surface area contributed by atoms with Crippen molar-refractivity contribution in [3.05, 3.63) is 102 Å². The Morgan fingerprint density at radius 2 is 1.45 bits per heavy atom. The average molecular weight is 464 g/mol. The van der Waals surface area contributed by atoms with Crippen LogP contribution in [0.15, 0.2) is 84.9 Å². The van der Waals surface area contributed by atoms with Crippen LogP contribution in [0.25, 0.3) is 0 Å². The van der Waals surface area contributed by atoms with Crippen LogP contribution in [-0.4, -0.2) is 49.2 Å². The molecule has 0 aliphatic carbocycles. The maximum atomic E-state index is 13.0. The molecule has 1 saturated heterocycles. The van der Waals surface area contributed by atoms with Gasteiger partial charge in [-0.05, 0) is 36.2 Å². The fraction of sp³-hybridized carbons (Fsp3) is 0.231. The molecule has 1 aliphatic heterocycles. The Morgan fingerprint density at radius 1 is 0.848 bits per heavy atom. The molecule has 1 heterocycles. The summed E-state index contributed by atoms with van der Waals surface area (Å²) in [6, 6.07) is 24.8. The molecule has 170 valence electrons. The molecule has 33 heavy (non-hydrogen) atoms. The quantitative estimate of drug-likeness (QED) is 0.478. The van der Waals surface area contributed by atoms with Gasteiger partial charge in [0.1, 0.15) is 5.75 Å². The van der Waals surface area contributed by atoms with Gasteiger partial charge in [0.15, 0.2) is 22.2 Å². The first-order valence-electron chi connectivity index (χ1n) is 10.8. The van der Waals surface area contributed by atoms with E-state index in [2.05, 4.69) is 0 Å². The highest BCUT2D eigenvalue weighted by molar-refractivity contribution is 7.91. The summed E-state index contributed by atoms with van der Waals surface area (Å²) in [6.45, 7) is 0.114. The number of ketones is 1. The number of sulfone groups is 1. The number of ether oxygens (including phenoxy) is 1. The van der Waals surface area contributed by atoms with Gasteiger partial charge in [0, 0.05) is 23.7 Å². The van der Waals surface area contributed by atoms with Crippen molar-refractivity contribution in [3.63, 3.8) is 0 Å². The third-order valence-corrected chi connectivity index (χ3v) is 7.43. The second-order valence-corrected chi connectivity index (χ2v) is 10.3. The van der Waals surface area contributed by atoms with Crippen LogP contribution in [-0.2, 0) is 21.2 Å². The highest BCUT2D eigenvalue weighted by atomic mass is 32.2. The highest BCUT2D eigenvalue weighted by Gasteiger charge is 2.34. The van der Waals surface area contributed by atoms with Crippen molar-refractivity contribution in [1.82, 2.24) is 4.90 Å². The van der Waals surface area contributed by atoms with Gasteiger partial charge in [0.05, 0.1) is 11.5 Å². The van der Waals surface area contributed by atoms with Gasteiger partial charge >= 0.3 is 0 Å². The molecule has 0 aromatic heterocycles. The van der Waals surface area contributed by atoms with Crippen LogP contribution in [0.3, 0.4) is 0 Å². The van der Waals surface area contributed by atoms with Crippen molar-refractivity contribution in [2.24, 2.45) is 0 Å². The van der Waals surface area contributed by atoms with E-state index < -0.39 is 9.84 Å². The Hall–Kier alpha value is -3.45. The summed E-state index contributed by atoms with van der Waals surface area (Å²) < 4.78 is 29.7. The molecule has 1 amide bonds. The molecule has 1 aliphatic rings. The van der Waals surface area contributed by atoms with Gasteiger partial charge in [-0.3, -0.25) is 9.59 Å². The van der Waals surface area contributed by atoms with Gasteiger partial charge in [-0.1, -0.05) is 60.7 Å². The minimum absolute atomic E-state index is 0.0259. The molecule has 3 aromatic rings. The van der Waals surface area contributed by atoms with Gasteiger partial charge in [0.2, 0.25) is 0 Å². The normalized spacial score (nSPS) is 16.8. The zero-order chi connectivity index (χ0) is 23.3. The van der Waals surface area contributed by atoms with Crippen molar-refractivity contribution >= 4 is 21.5 Å². The molecule has 6 nitrogen and oxygen atoms in total. The Bertz CT molecular complexity index is 1210. The van der Waals surface area contributed by atoms with Crippen LogP contribution in [0.1, 0.15) is 27.9 Å². The topological polar surface area (TPSA) is 80.8 Å². The van der Waals surface area contributed by atoms with Crippen molar-refractivity contribution in [3.8, 4) is 5.75 Å². The predicted molar refractivity (Wildman–Crippen MR) is 126 cm³/mol. The highest BCUT2D eigenvalue weighted by Crippen LogP contribution is 2.21. The summed E-state index contributed by atoms with van der Waals surface area (Å²) in [6.07, 6.45) is 0.428. The van der Waals surface area contributed by atoms with E-state index in [1.54, 1.807) is 41.3 Å². The van der Waals surface area contributed by atoms with Crippen LogP contribution in [0.4, 0.5) is 0 Å². The van der Waals surface area contributed by atoms with Crippen molar-refractivity contribution in [2.75, 3.05) is 18.1 Å². The first-order chi connectivity index (χ1) is 15.9. The molecule has 4 rings (SSSR count). The smallest absolute Gasteiger partial charge is 0.261 e. The lowest BCUT2D eigenvalue weighted by molar-refractivity contribution is -0.136. The van der Waals surface area contributed by atoms with E-state index in [-0.39, 0.29) is 35.8 Å². The number of carbonyl (C=O) groups is 2. The van der Waals surface area contributed by atoms with Crippen LogP contribution < -0.4 is 4.74 Å². The number of rotatable bonds is 8. The third kappa shape index (κ3) is 5.87. The van der Waals surface area contributed by atoms with Crippen molar-refractivity contribution in [1.29, 1.82) is 0 Å². The minimum atomic E-state index is -3.14. The Labute approximate surface area is 193 Å². The molecule has 1 unspecified atom stereocenters. The number of hydrogen-bond donors (Lipinski definition) is 0. The maximum Gasteiger partial charge on any atom is 0.261 e. The zero-order valence-corrected chi connectivity index (χ0v) is 18.9. The molecule has 0 bridgehead atoms. The monoisotopic (exact) mass is 463 g/mol. The lowest BCUT2D eigenvalue weighted by Crippen LogP contribution is -2.43. The van der Waals surface area contributed by atoms with E-state index in [1.807, 2.05) is 48.5 Å². The van der Waals surface area contributed by atoms with Crippen LogP contribution >= 0.6 is 0 Å². The molecule has 0 N–H and O–H groups in total. The van der Waals surface area contributed by atoms with Crippen molar-refractivity contribution in [2.45, 2.75) is 19.0 Å². The van der Waals surface area contributed by atoms with Gasteiger partial charge in [0.25, 0.3) is 5.91 Å². The summed E-state index contributed by atoms with van der Waals surface area (Å²) >= 11 is 0. The number of hydrogen-bond acceptors (Lipinski definition) is 5. The molecule has 0 spiro atoms. The second-order valence-electron chi connectivity index (χ2n) is 8.07. The maximum absolute atomic E-state index is 13.0. The van der Waals surface area contributed by atoms with E-state index in [4.69, 9.17) is 4.74 Å². The molecule has 3 aromatic carbocycles. The fourth-order valence-electron chi connectivity index (χ4n) is 3.91. The summed E-state index contributed by atoms with van der Waals surface area (Å²) in [5.41, 5.74) is 2.06. The third-order valence-electron chi connectivity index (χ3n) is 5.68.